The molecule has 1 amide bonds. The van der Waals surface area contributed by atoms with Gasteiger partial charge >= 0.3 is 5.97 Å². The predicted molar refractivity (Wildman–Crippen MR) is 90.8 cm³/mol. The third-order valence-electron chi connectivity index (χ3n) is 3.95. The van der Waals surface area contributed by atoms with E-state index in [4.69, 9.17) is 4.74 Å². The van der Waals surface area contributed by atoms with Gasteiger partial charge in [-0.15, -0.1) is 11.8 Å². The zero-order valence-corrected chi connectivity index (χ0v) is 14.4. The van der Waals surface area contributed by atoms with Crippen LogP contribution in [0.25, 0.3) is 0 Å². The summed E-state index contributed by atoms with van der Waals surface area (Å²) in [4.78, 5) is 25.3. The fraction of sp³-hybridized carbons (Fsp3) is 0.529. The number of likely N-dealkylation sites (tertiary alicyclic amines) is 1. The first-order valence-electron chi connectivity index (χ1n) is 7.71. The monoisotopic (exact) mass is 337 g/mol. The second-order valence-electron chi connectivity index (χ2n) is 5.49. The first kappa shape index (κ1) is 17.7. The lowest BCUT2D eigenvalue weighted by atomic mass is 10.1. The summed E-state index contributed by atoms with van der Waals surface area (Å²) in [5, 5.41) is 0.332. The van der Waals surface area contributed by atoms with Gasteiger partial charge in [-0.05, 0) is 30.5 Å². The summed E-state index contributed by atoms with van der Waals surface area (Å²) >= 11 is 1.57. The van der Waals surface area contributed by atoms with Crippen LogP contribution in [0.15, 0.2) is 24.3 Å². The molecule has 2 rings (SSSR count). The average Bonchev–Trinajstić information content (AvgIpc) is 3.07. The second-order valence-corrected chi connectivity index (χ2v) is 6.77. The van der Waals surface area contributed by atoms with Crippen molar-refractivity contribution in [1.29, 1.82) is 0 Å². The maximum atomic E-state index is 12.3. The van der Waals surface area contributed by atoms with Crippen LogP contribution in [0.5, 0.6) is 5.75 Å². The summed E-state index contributed by atoms with van der Waals surface area (Å²) in [7, 11) is 3.03. The molecule has 0 aromatic heterocycles. The van der Waals surface area contributed by atoms with Gasteiger partial charge in [-0.1, -0.05) is 12.1 Å². The lowest BCUT2D eigenvalue weighted by Gasteiger charge is -2.16. The van der Waals surface area contributed by atoms with Gasteiger partial charge in [-0.3, -0.25) is 9.59 Å². The highest BCUT2D eigenvalue weighted by molar-refractivity contribution is 8.00. The molecular formula is C17H23NO4S. The van der Waals surface area contributed by atoms with Crippen molar-refractivity contribution in [2.24, 2.45) is 0 Å². The van der Waals surface area contributed by atoms with Crippen LogP contribution in [0.2, 0.25) is 0 Å². The topological polar surface area (TPSA) is 55.8 Å². The molecular weight excluding hydrogens is 314 g/mol. The van der Waals surface area contributed by atoms with Gasteiger partial charge in [0.1, 0.15) is 5.75 Å². The first-order chi connectivity index (χ1) is 11.1. The number of aryl methyl sites for hydroxylation is 1. The van der Waals surface area contributed by atoms with E-state index in [1.807, 2.05) is 29.2 Å². The molecule has 0 unspecified atom stereocenters. The zero-order chi connectivity index (χ0) is 16.7. The Hall–Kier alpha value is -1.69. The molecule has 1 atom stereocenters. The number of amides is 1. The number of ether oxygens (including phenoxy) is 2. The second kappa shape index (κ2) is 8.82. The van der Waals surface area contributed by atoms with Crippen molar-refractivity contribution in [3.8, 4) is 5.75 Å². The van der Waals surface area contributed by atoms with E-state index in [-0.39, 0.29) is 11.9 Å². The molecule has 0 aliphatic carbocycles. The van der Waals surface area contributed by atoms with E-state index in [0.717, 1.165) is 37.2 Å². The van der Waals surface area contributed by atoms with Crippen molar-refractivity contribution in [1.82, 2.24) is 4.90 Å². The average molecular weight is 337 g/mol. The van der Waals surface area contributed by atoms with Gasteiger partial charge in [0.15, 0.2) is 0 Å². The van der Waals surface area contributed by atoms with Gasteiger partial charge < -0.3 is 14.4 Å². The summed E-state index contributed by atoms with van der Waals surface area (Å²) in [5.74, 6) is 1.15. The van der Waals surface area contributed by atoms with Gasteiger partial charge in [-0.2, -0.15) is 0 Å². The number of carbonyl (C=O) groups is 2. The van der Waals surface area contributed by atoms with Gasteiger partial charge in [0.2, 0.25) is 5.91 Å². The number of thioether (sulfide) groups is 1. The van der Waals surface area contributed by atoms with E-state index >= 15 is 0 Å². The van der Waals surface area contributed by atoms with Gasteiger partial charge in [-0.25, -0.2) is 0 Å². The predicted octanol–water partition coefficient (Wildman–Crippen LogP) is 2.13. The maximum absolute atomic E-state index is 12.3. The number of benzene rings is 1. The van der Waals surface area contributed by atoms with Crippen LogP contribution in [0.3, 0.4) is 0 Å². The van der Waals surface area contributed by atoms with Crippen LogP contribution < -0.4 is 4.74 Å². The Morgan fingerprint density at radius 3 is 2.65 bits per heavy atom. The van der Waals surface area contributed by atoms with Crippen LogP contribution >= 0.6 is 11.8 Å². The summed E-state index contributed by atoms with van der Waals surface area (Å²) in [5.41, 5.74) is 1.13. The van der Waals surface area contributed by atoms with Gasteiger partial charge in [0.25, 0.3) is 0 Å². The minimum absolute atomic E-state index is 0.182. The highest BCUT2D eigenvalue weighted by Gasteiger charge is 2.26. The molecule has 126 valence electrons. The highest BCUT2D eigenvalue weighted by atomic mass is 32.2. The maximum Gasteiger partial charge on any atom is 0.315 e. The van der Waals surface area contributed by atoms with Crippen LogP contribution in [-0.4, -0.2) is 55.1 Å². The van der Waals surface area contributed by atoms with Crippen LogP contribution in [0.1, 0.15) is 18.4 Å². The normalized spacial score (nSPS) is 17.1. The van der Waals surface area contributed by atoms with Crippen LogP contribution in [0.4, 0.5) is 0 Å². The number of carbonyl (C=O) groups excluding carboxylic acids is 2. The number of rotatable bonds is 7. The zero-order valence-electron chi connectivity index (χ0n) is 13.6. The molecule has 0 radical (unpaired) electrons. The largest absolute Gasteiger partial charge is 0.497 e. The summed E-state index contributed by atoms with van der Waals surface area (Å²) in [6.07, 6.45) is 2.19. The number of nitrogens with zero attached hydrogens (tertiary/aromatic N) is 1. The number of esters is 1. The number of hydrogen-bond acceptors (Lipinski definition) is 5. The molecule has 1 aliphatic rings. The van der Waals surface area contributed by atoms with E-state index in [0.29, 0.717) is 17.4 Å². The molecule has 23 heavy (non-hydrogen) atoms. The van der Waals surface area contributed by atoms with Gasteiger partial charge in [0.05, 0.1) is 20.0 Å². The molecule has 6 heteroatoms. The van der Waals surface area contributed by atoms with Crippen molar-refractivity contribution < 1.29 is 19.1 Å². The Bertz CT molecular complexity index is 532. The van der Waals surface area contributed by atoms with Crippen LogP contribution in [-0.2, 0) is 20.7 Å². The standard InChI is InChI=1S/C17H23NO4S/c1-21-14-6-3-13(4-7-14)5-8-16(19)18-10-9-15(11-18)23-12-17(20)22-2/h3-4,6-7,15H,5,8-12H2,1-2H3/t15-/m0/s1. The fourth-order valence-corrected chi connectivity index (χ4v) is 3.58. The quantitative estimate of drug-likeness (QED) is 0.714. The molecule has 0 N–H and O–H groups in total. The van der Waals surface area contributed by atoms with E-state index in [2.05, 4.69) is 4.74 Å². The Morgan fingerprint density at radius 1 is 1.26 bits per heavy atom. The first-order valence-corrected chi connectivity index (χ1v) is 8.76. The third kappa shape index (κ3) is 5.46. The van der Waals surface area contributed by atoms with Crippen molar-refractivity contribution in [2.75, 3.05) is 33.1 Å². The van der Waals surface area contributed by atoms with Crippen molar-refractivity contribution in [3.05, 3.63) is 29.8 Å². The van der Waals surface area contributed by atoms with E-state index < -0.39 is 0 Å². The molecule has 0 saturated carbocycles. The Kier molecular flexibility index (Phi) is 6.77. The lowest BCUT2D eigenvalue weighted by molar-refractivity contribution is -0.137. The number of methoxy groups -OCH3 is 2. The van der Waals surface area contributed by atoms with E-state index in [9.17, 15) is 9.59 Å². The molecule has 1 heterocycles. The molecule has 1 fully saturated rings. The van der Waals surface area contributed by atoms with Crippen molar-refractivity contribution >= 4 is 23.6 Å². The molecule has 1 saturated heterocycles. The summed E-state index contributed by atoms with van der Waals surface area (Å²) in [6, 6.07) is 7.81. The van der Waals surface area contributed by atoms with E-state index in [1.165, 1.54) is 7.11 Å². The summed E-state index contributed by atoms with van der Waals surface area (Å²) in [6.45, 7) is 1.50. The smallest absolute Gasteiger partial charge is 0.315 e. The molecule has 0 spiro atoms. The lowest BCUT2D eigenvalue weighted by Crippen LogP contribution is -2.29. The van der Waals surface area contributed by atoms with Crippen molar-refractivity contribution in [2.45, 2.75) is 24.5 Å². The Morgan fingerprint density at radius 2 is 2.00 bits per heavy atom. The number of hydrogen-bond donors (Lipinski definition) is 0. The fourth-order valence-electron chi connectivity index (χ4n) is 2.54. The minimum Gasteiger partial charge on any atom is -0.497 e. The molecule has 1 aromatic rings. The highest BCUT2D eigenvalue weighted by Crippen LogP contribution is 2.23. The minimum atomic E-state index is -0.209. The molecule has 1 aliphatic heterocycles. The van der Waals surface area contributed by atoms with E-state index in [1.54, 1.807) is 18.9 Å². The molecule has 0 bridgehead atoms. The Labute approximate surface area is 141 Å². The molecule has 1 aromatic carbocycles. The Balaban J connectivity index is 1.72. The summed E-state index contributed by atoms with van der Waals surface area (Å²) < 4.78 is 9.76. The van der Waals surface area contributed by atoms with Crippen molar-refractivity contribution in [3.63, 3.8) is 0 Å². The third-order valence-corrected chi connectivity index (χ3v) is 5.21. The SMILES string of the molecule is COC(=O)CS[C@H]1CCN(C(=O)CCc2ccc(OC)cc2)C1. The molecule has 5 nitrogen and oxygen atoms in total. The van der Waals surface area contributed by atoms with Crippen LogP contribution in [0, 0.1) is 0 Å². The van der Waals surface area contributed by atoms with Gasteiger partial charge in [0, 0.05) is 24.8 Å².